The van der Waals surface area contributed by atoms with E-state index >= 15 is 0 Å². The molecule has 1 aromatic heterocycles. The molecular weight excluding hydrogens is 270 g/mol. The van der Waals surface area contributed by atoms with Gasteiger partial charge in [-0.05, 0) is 30.2 Å². The third-order valence-corrected chi connectivity index (χ3v) is 3.86. The normalized spacial score (nSPS) is 10.4. The van der Waals surface area contributed by atoms with Gasteiger partial charge in [0.25, 0.3) is 0 Å². The highest BCUT2D eigenvalue weighted by atomic mass is 32.2. The molecule has 0 aliphatic carbocycles. The first kappa shape index (κ1) is 14.7. The van der Waals surface area contributed by atoms with E-state index in [2.05, 4.69) is 35.9 Å². The third kappa shape index (κ3) is 4.42. The van der Waals surface area contributed by atoms with Crippen LogP contribution in [0.25, 0.3) is 0 Å². The van der Waals surface area contributed by atoms with Crippen LogP contribution in [0.2, 0.25) is 0 Å². The summed E-state index contributed by atoms with van der Waals surface area (Å²) in [7, 11) is 0. The molecule has 0 fully saturated rings. The van der Waals surface area contributed by atoms with Crippen LogP contribution in [0.3, 0.4) is 0 Å². The van der Waals surface area contributed by atoms with Gasteiger partial charge in [-0.15, -0.1) is 5.10 Å². The molecule has 20 heavy (non-hydrogen) atoms. The molecule has 0 aliphatic heterocycles. The molecule has 106 valence electrons. The van der Waals surface area contributed by atoms with E-state index < -0.39 is 0 Å². The van der Waals surface area contributed by atoms with Gasteiger partial charge in [-0.1, -0.05) is 23.9 Å². The summed E-state index contributed by atoms with van der Waals surface area (Å²) in [6.45, 7) is 7.21. The van der Waals surface area contributed by atoms with Crippen LogP contribution in [0.1, 0.15) is 11.1 Å². The van der Waals surface area contributed by atoms with E-state index in [0.717, 1.165) is 23.8 Å². The maximum Gasteiger partial charge on any atom is 0.120 e. The minimum atomic E-state index is 0.547. The highest BCUT2D eigenvalue weighted by Gasteiger charge is 2.01. The first-order chi connectivity index (χ1) is 9.79. The second-order valence-corrected chi connectivity index (χ2v) is 5.51. The van der Waals surface area contributed by atoms with Crippen molar-refractivity contribution in [3.63, 3.8) is 0 Å². The van der Waals surface area contributed by atoms with E-state index in [1.165, 1.54) is 11.1 Å². The van der Waals surface area contributed by atoms with Crippen LogP contribution in [-0.2, 0) is 12.3 Å². The molecule has 0 unspecified atom stereocenters. The number of ether oxygens (including phenoxy) is 1. The number of benzene rings is 1. The Morgan fingerprint density at radius 3 is 3.05 bits per heavy atom. The van der Waals surface area contributed by atoms with Crippen molar-refractivity contribution in [2.75, 3.05) is 12.4 Å². The fraction of sp³-hybridized carbons (Fsp3) is 0.333. The standard InChI is InChI=1S/C15H19N3OS/c1-3-9-19-15-5-4-14(13(2)11-15)12-20-10-8-18-7-6-16-17-18/h3-7,11H,1,8-10,12H2,2H3. The Morgan fingerprint density at radius 1 is 1.45 bits per heavy atom. The van der Waals surface area contributed by atoms with Crippen molar-refractivity contribution in [3.8, 4) is 5.75 Å². The molecular formula is C15H19N3OS. The van der Waals surface area contributed by atoms with Crippen LogP contribution < -0.4 is 4.74 Å². The van der Waals surface area contributed by atoms with Gasteiger partial charge in [0, 0.05) is 17.7 Å². The molecule has 0 spiro atoms. The summed E-state index contributed by atoms with van der Waals surface area (Å²) in [4.78, 5) is 0. The smallest absolute Gasteiger partial charge is 0.120 e. The highest BCUT2D eigenvalue weighted by molar-refractivity contribution is 7.98. The molecule has 2 aromatic rings. The van der Waals surface area contributed by atoms with Gasteiger partial charge in [0.15, 0.2) is 0 Å². The Bertz CT molecular complexity index is 540. The van der Waals surface area contributed by atoms with Crippen molar-refractivity contribution in [1.82, 2.24) is 15.0 Å². The Balaban J connectivity index is 1.79. The molecule has 4 nitrogen and oxygen atoms in total. The molecule has 0 atom stereocenters. The summed E-state index contributed by atoms with van der Waals surface area (Å²) in [6.07, 6.45) is 5.34. The van der Waals surface area contributed by atoms with Crippen LogP contribution in [0.4, 0.5) is 0 Å². The molecule has 0 radical (unpaired) electrons. The molecule has 0 saturated carbocycles. The van der Waals surface area contributed by atoms with E-state index in [9.17, 15) is 0 Å². The molecule has 0 N–H and O–H groups in total. The van der Waals surface area contributed by atoms with Gasteiger partial charge in [-0.3, -0.25) is 4.68 Å². The van der Waals surface area contributed by atoms with E-state index in [4.69, 9.17) is 4.74 Å². The van der Waals surface area contributed by atoms with Gasteiger partial charge in [0.1, 0.15) is 12.4 Å². The maximum absolute atomic E-state index is 5.52. The lowest BCUT2D eigenvalue weighted by Gasteiger charge is -2.09. The largest absolute Gasteiger partial charge is 0.490 e. The van der Waals surface area contributed by atoms with Gasteiger partial charge in [-0.2, -0.15) is 11.8 Å². The van der Waals surface area contributed by atoms with Crippen LogP contribution in [-0.4, -0.2) is 27.4 Å². The minimum absolute atomic E-state index is 0.547. The molecule has 1 aromatic carbocycles. The predicted octanol–water partition coefficient (Wildman–Crippen LogP) is 3.08. The average molecular weight is 289 g/mol. The summed E-state index contributed by atoms with van der Waals surface area (Å²) < 4.78 is 7.38. The zero-order valence-corrected chi connectivity index (χ0v) is 12.5. The predicted molar refractivity (Wildman–Crippen MR) is 83.1 cm³/mol. The fourth-order valence-electron chi connectivity index (χ4n) is 1.77. The Hall–Kier alpha value is -1.75. The second kappa shape index (κ2) is 7.75. The number of hydrogen-bond acceptors (Lipinski definition) is 4. The molecule has 1 heterocycles. The lowest BCUT2D eigenvalue weighted by Crippen LogP contribution is -2.01. The monoisotopic (exact) mass is 289 g/mol. The van der Waals surface area contributed by atoms with E-state index in [1.54, 1.807) is 12.3 Å². The van der Waals surface area contributed by atoms with Crippen LogP contribution >= 0.6 is 11.8 Å². The highest BCUT2D eigenvalue weighted by Crippen LogP contribution is 2.21. The van der Waals surface area contributed by atoms with Crippen molar-refractivity contribution in [2.24, 2.45) is 0 Å². The fourth-order valence-corrected chi connectivity index (χ4v) is 2.77. The number of thioether (sulfide) groups is 1. The van der Waals surface area contributed by atoms with E-state index in [0.29, 0.717) is 6.61 Å². The van der Waals surface area contributed by atoms with Crippen molar-refractivity contribution in [1.29, 1.82) is 0 Å². The topological polar surface area (TPSA) is 39.9 Å². The minimum Gasteiger partial charge on any atom is -0.490 e. The maximum atomic E-state index is 5.52. The Kier molecular flexibility index (Phi) is 5.68. The summed E-state index contributed by atoms with van der Waals surface area (Å²) >= 11 is 1.90. The van der Waals surface area contributed by atoms with Gasteiger partial charge >= 0.3 is 0 Å². The molecule has 2 rings (SSSR count). The molecule has 0 saturated heterocycles. The molecule has 0 bridgehead atoms. The Morgan fingerprint density at radius 2 is 2.35 bits per heavy atom. The number of aryl methyl sites for hydroxylation is 2. The molecule has 0 amide bonds. The van der Waals surface area contributed by atoms with Crippen LogP contribution in [0.15, 0.2) is 43.2 Å². The van der Waals surface area contributed by atoms with Gasteiger partial charge in [-0.25, -0.2) is 0 Å². The van der Waals surface area contributed by atoms with Crippen molar-refractivity contribution in [3.05, 3.63) is 54.4 Å². The first-order valence-electron chi connectivity index (χ1n) is 6.54. The number of hydrogen-bond donors (Lipinski definition) is 0. The van der Waals surface area contributed by atoms with Crippen LogP contribution in [0.5, 0.6) is 5.75 Å². The van der Waals surface area contributed by atoms with Crippen molar-refractivity contribution >= 4 is 11.8 Å². The average Bonchev–Trinajstić information content (AvgIpc) is 2.96. The van der Waals surface area contributed by atoms with Gasteiger partial charge in [0.2, 0.25) is 0 Å². The first-order valence-corrected chi connectivity index (χ1v) is 7.70. The van der Waals surface area contributed by atoms with E-state index in [-0.39, 0.29) is 0 Å². The quantitative estimate of drug-likeness (QED) is 0.553. The lowest BCUT2D eigenvalue weighted by atomic mass is 10.1. The zero-order chi connectivity index (χ0) is 14.2. The Labute approximate surface area is 123 Å². The zero-order valence-electron chi connectivity index (χ0n) is 11.7. The molecule has 0 aliphatic rings. The molecule has 5 heteroatoms. The third-order valence-electron chi connectivity index (χ3n) is 2.88. The summed E-state index contributed by atoms with van der Waals surface area (Å²) in [6, 6.07) is 6.23. The summed E-state index contributed by atoms with van der Waals surface area (Å²) in [5.41, 5.74) is 2.61. The van der Waals surface area contributed by atoms with Crippen molar-refractivity contribution < 1.29 is 4.74 Å². The number of nitrogens with zero attached hydrogens (tertiary/aromatic N) is 3. The van der Waals surface area contributed by atoms with Gasteiger partial charge in [0.05, 0.1) is 12.7 Å². The number of aromatic nitrogens is 3. The second-order valence-electron chi connectivity index (χ2n) is 4.41. The van der Waals surface area contributed by atoms with Gasteiger partial charge < -0.3 is 4.74 Å². The SMILES string of the molecule is C=CCOc1ccc(CSCCn2ccnn2)c(C)c1. The number of rotatable bonds is 8. The summed E-state index contributed by atoms with van der Waals surface area (Å²) in [5, 5.41) is 7.74. The lowest BCUT2D eigenvalue weighted by molar-refractivity contribution is 0.363. The summed E-state index contributed by atoms with van der Waals surface area (Å²) in [5.74, 6) is 2.93. The van der Waals surface area contributed by atoms with Crippen molar-refractivity contribution in [2.45, 2.75) is 19.2 Å². The van der Waals surface area contributed by atoms with Crippen LogP contribution in [0, 0.1) is 6.92 Å². The van der Waals surface area contributed by atoms with E-state index in [1.807, 2.05) is 28.7 Å².